The van der Waals surface area contributed by atoms with Crippen LogP contribution in [-0.4, -0.2) is 34.9 Å². The van der Waals surface area contributed by atoms with Crippen LogP contribution in [-0.2, 0) is 16.0 Å². The highest BCUT2D eigenvalue weighted by Crippen LogP contribution is 2.44. The van der Waals surface area contributed by atoms with Crippen molar-refractivity contribution in [3.63, 3.8) is 0 Å². The molecule has 0 aliphatic carbocycles. The van der Waals surface area contributed by atoms with E-state index in [1.807, 2.05) is 31.2 Å². The highest BCUT2D eigenvalue weighted by atomic mass is 19.1. The molecule has 1 aliphatic heterocycles. The van der Waals surface area contributed by atoms with Gasteiger partial charge in [0.25, 0.3) is 0 Å². The summed E-state index contributed by atoms with van der Waals surface area (Å²) in [4.78, 5) is 17.5. The SMILES string of the molecule is Cc1nc(C)c([C@H](OC(C)(C)C)C(=O)O)c(-c2cc(F)c3c(c2)C=CCO3)c1-c1ccc(OCCc2ccc(F)cc2)cc1. The number of aromatic nitrogens is 1. The normalized spacial score (nSPS) is 13.2. The van der Waals surface area contributed by atoms with Gasteiger partial charge in [0.15, 0.2) is 17.7 Å². The van der Waals surface area contributed by atoms with Crippen LogP contribution in [0.25, 0.3) is 28.3 Å². The molecular weight excluding hydrogens is 564 g/mol. The maximum absolute atomic E-state index is 15.5. The first kappa shape index (κ1) is 30.9. The molecule has 1 N–H and O–H groups in total. The number of rotatable bonds is 9. The molecule has 228 valence electrons. The van der Waals surface area contributed by atoms with Gasteiger partial charge < -0.3 is 19.3 Å². The minimum Gasteiger partial charge on any atom is -0.493 e. The van der Waals surface area contributed by atoms with E-state index in [2.05, 4.69) is 0 Å². The standard InChI is InChI=1S/C36H35F2NO5/c1-21-30(24-10-14-28(15-11-24)42-18-16-23-8-12-27(37)13-9-23)32(26-19-25-7-6-17-43-33(25)29(38)20-26)31(22(2)39-21)34(35(40)41)44-36(3,4)5/h6-15,19-20,34H,16-18H2,1-5H3,(H,40,41)/t34-/m0/s1. The number of aliphatic carboxylic acids is 1. The summed E-state index contributed by atoms with van der Waals surface area (Å²) in [6.45, 7) is 9.63. The van der Waals surface area contributed by atoms with E-state index in [9.17, 15) is 14.3 Å². The number of carboxylic acids is 1. The average Bonchev–Trinajstić information content (AvgIpc) is 2.97. The summed E-state index contributed by atoms with van der Waals surface area (Å²) in [7, 11) is 0. The maximum atomic E-state index is 15.5. The third-order valence-corrected chi connectivity index (χ3v) is 7.26. The number of carbonyl (C=O) groups is 1. The first-order valence-electron chi connectivity index (χ1n) is 14.4. The van der Waals surface area contributed by atoms with E-state index in [-0.39, 0.29) is 18.2 Å². The number of nitrogens with zero attached hydrogens (tertiary/aromatic N) is 1. The average molecular weight is 600 g/mol. The molecule has 1 atom stereocenters. The van der Waals surface area contributed by atoms with Crippen LogP contribution >= 0.6 is 0 Å². The fourth-order valence-corrected chi connectivity index (χ4v) is 5.42. The molecule has 5 rings (SSSR count). The number of hydrogen-bond acceptors (Lipinski definition) is 5. The number of pyridine rings is 1. The Hall–Kier alpha value is -4.56. The van der Waals surface area contributed by atoms with Gasteiger partial charge >= 0.3 is 5.97 Å². The fourth-order valence-electron chi connectivity index (χ4n) is 5.42. The second kappa shape index (κ2) is 12.6. The Balaban J connectivity index is 1.61. The van der Waals surface area contributed by atoms with Crippen molar-refractivity contribution in [2.24, 2.45) is 0 Å². The number of aryl methyl sites for hydroxylation is 2. The number of carboxylic acid groups (broad SMARTS) is 1. The summed E-state index contributed by atoms with van der Waals surface area (Å²) in [5, 5.41) is 10.4. The zero-order valence-electron chi connectivity index (χ0n) is 25.4. The van der Waals surface area contributed by atoms with Gasteiger partial charge in [-0.15, -0.1) is 0 Å². The lowest BCUT2D eigenvalue weighted by Gasteiger charge is -2.29. The summed E-state index contributed by atoms with van der Waals surface area (Å²) >= 11 is 0. The van der Waals surface area contributed by atoms with Gasteiger partial charge in [-0.05, 0) is 99.3 Å². The summed E-state index contributed by atoms with van der Waals surface area (Å²) in [5.74, 6) is -1.20. The number of benzene rings is 3. The predicted octanol–water partition coefficient (Wildman–Crippen LogP) is 8.28. The summed E-state index contributed by atoms with van der Waals surface area (Å²) in [6, 6.07) is 16.9. The molecule has 6 nitrogen and oxygen atoms in total. The van der Waals surface area contributed by atoms with Gasteiger partial charge in [-0.3, -0.25) is 4.98 Å². The van der Waals surface area contributed by atoms with Gasteiger partial charge in [-0.2, -0.15) is 0 Å². The molecule has 2 heterocycles. The minimum absolute atomic E-state index is 0.157. The third-order valence-electron chi connectivity index (χ3n) is 7.26. The number of hydrogen-bond donors (Lipinski definition) is 1. The lowest BCUT2D eigenvalue weighted by Crippen LogP contribution is -2.28. The van der Waals surface area contributed by atoms with Gasteiger partial charge in [0.05, 0.1) is 12.2 Å². The second-order valence-electron chi connectivity index (χ2n) is 11.7. The van der Waals surface area contributed by atoms with E-state index in [0.29, 0.717) is 58.0 Å². The molecule has 0 bridgehead atoms. The lowest BCUT2D eigenvalue weighted by atomic mass is 9.85. The Morgan fingerprint density at radius 2 is 1.68 bits per heavy atom. The van der Waals surface area contributed by atoms with E-state index < -0.39 is 23.5 Å². The fraction of sp³-hybridized carbons (Fsp3) is 0.278. The quantitative estimate of drug-likeness (QED) is 0.209. The monoisotopic (exact) mass is 599 g/mol. The molecule has 1 aliphatic rings. The van der Waals surface area contributed by atoms with Crippen molar-refractivity contribution in [2.45, 2.75) is 52.7 Å². The Kier molecular flexibility index (Phi) is 8.83. The summed E-state index contributed by atoms with van der Waals surface area (Å²) in [6.07, 6.45) is 2.85. The minimum atomic E-state index is -1.36. The van der Waals surface area contributed by atoms with Crippen LogP contribution in [0.4, 0.5) is 8.78 Å². The molecule has 0 amide bonds. The summed E-state index contributed by atoms with van der Waals surface area (Å²) in [5.41, 5.74) is 4.63. The zero-order valence-corrected chi connectivity index (χ0v) is 25.4. The second-order valence-corrected chi connectivity index (χ2v) is 11.7. The van der Waals surface area contributed by atoms with Crippen molar-refractivity contribution < 1.29 is 32.9 Å². The van der Waals surface area contributed by atoms with Crippen molar-refractivity contribution in [3.8, 4) is 33.8 Å². The van der Waals surface area contributed by atoms with Gasteiger partial charge in [-0.1, -0.05) is 30.3 Å². The Morgan fingerprint density at radius 1 is 0.977 bits per heavy atom. The van der Waals surface area contributed by atoms with Gasteiger partial charge in [0.1, 0.15) is 18.2 Å². The molecule has 44 heavy (non-hydrogen) atoms. The van der Waals surface area contributed by atoms with E-state index in [0.717, 1.165) is 11.1 Å². The zero-order chi connectivity index (χ0) is 31.6. The van der Waals surface area contributed by atoms with Crippen molar-refractivity contribution in [2.75, 3.05) is 13.2 Å². The molecule has 0 fully saturated rings. The molecule has 1 aromatic heterocycles. The highest BCUT2D eigenvalue weighted by Gasteiger charge is 2.34. The molecule has 0 saturated carbocycles. The Labute approximate surface area is 255 Å². The first-order valence-corrected chi connectivity index (χ1v) is 14.4. The molecule has 0 spiro atoms. The third kappa shape index (κ3) is 6.81. The largest absolute Gasteiger partial charge is 0.493 e. The predicted molar refractivity (Wildman–Crippen MR) is 166 cm³/mol. The molecule has 0 radical (unpaired) electrons. The Bertz CT molecular complexity index is 1710. The summed E-state index contributed by atoms with van der Waals surface area (Å²) < 4.78 is 46.3. The smallest absolute Gasteiger partial charge is 0.337 e. The maximum Gasteiger partial charge on any atom is 0.337 e. The molecule has 3 aromatic carbocycles. The molecule has 4 aromatic rings. The van der Waals surface area contributed by atoms with Crippen LogP contribution in [0.2, 0.25) is 0 Å². The van der Waals surface area contributed by atoms with E-state index in [4.69, 9.17) is 19.2 Å². The van der Waals surface area contributed by atoms with Crippen molar-refractivity contribution in [3.05, 3.63) is 106 Å². The van der Waals surface area contributed by atoms with Crippen LogP contribution < -0.4 is 9.47 Å². The van der Waals surface area contributed by atoms with Crippen LogP contribution in [0.5, 0.6) is 11.5 Å². The molecule has 0 unspecified atom stereocenters. The number of fused-ring (bicyclic) bond motifs is 1. The topological polar surface area (TPSA) is 77.9 Å². The molecule has 8 heteroatoms. The van der Waals surface area contributed by atoms with Gasteiger partial charge in [0, 0.05) is 34.5 Å². The van der Waals surface area contributed by atoms with Crippen LogP contribution in [0.1, 0.15) is 55.0 Å². The van der Waals surface area contributed by atoms with Crippen molar-refractivity contribution in [1.29, 1.82) is 0 Å². The number of ether oxygens (including phenoxy) is 3. The van der Waals surface area contributed by atoms with E-state index in [1.54, 1.807) is 58.0 Å². The van der Waals surface area contributed by atoms with Crippen molar-refractivity contribution >= 4 is 12.0 Å². The van der Waals surface area contributed by atoms with Gasteiger partial charge in [-0.25, -0.2) is 13.6 Å². The molecule has 0 saturated heterocycles. The van der Waals surface area contributed by atoms with Crippen LogP contribution in [0.3, 0.4) is 0 Å². The van der Waals surface area contributed by atoms with E-state index in [1.165, 1.54) is 18.2 Å². The lowest BCUT2D eigenvalue weighted by molar-refractivity contribution is -0.160. The number of halogens is 2. The van der Waals surface area contributed by atoms with Crippen LogP contribution in [0, 0.1) is 25.5 Å². The van der Waals surface area contributed by atoms with Crippen molar-refractivity contribution in [1.82, 2.24) is 4.98 Å². The van der Waals surface area contributed by atoms with Crippen LogP contribution in [0.15, 0.2) is 66.7 Å². The van der Waals surface area contributed by atoms with Gasteiger partial charge in [0.2, 0.25) is 0 Å². The highest BCUT2D eigenvalue weighted by molar-refractivity contribution is 5.92. The molecular formula is C36H35F2NO5. The first-order chi connectivity index (χ1) is 20.9. The Morgan fingerprint density at radius 3 is 2.34 bits per heavy atom. The van der Waals surface area contributed by atoms with E-state index >= 15 is 4.39 Å².